The number of carbonyl (C=O) groups excluding carboxylic acids is 2. The molecule has 12 heteroatoms. The van der Waals surface area contributed by atoms with Gasteiger partial charge in [0.1, 0.15) is 18.7 Å². The molecule has 0 fully saturated rings. The molecule has 0 bridgehead atoms. The maximum atomic E-state index is 12.7. The van der Waals surface area contributed by atoms with Crippen molar-refractivity contribution >= 4 is 35.1 Å². The monoisotopic (exact) mass is 390 g/mol. The molecule has 140 valence electrons. The summed E-state index contributed by atoms with van der Waals surface area (Å²) in [6, 6.07) is 1.32. The van der Waals surface area contributed by atoms with Crippen LogP contribution in [0.25, 0.3) is 11.0 Å². The number of carbonyl (C=O) groups is 2. The van der Waals surface area contributed by atoms with E-state index in [1.807, 2.05) is 0 Å². The van der Waals surface area contributed by atoms with Gasteiger partial charge in [0.15, 0.2) is 4.77 Å². The van der Waals surface area contributed by atoms with Gasteiger partial charge in [-0.3, -0.25) is 14.2 Å². The number of pyridine rings is 1. The van der Waals surface area contributed by atoms with Crippen molar-refractivity contribution < 1.29 is 27.5 Å². The van der Waals surface area contributed by atoms with Crippen molar-refractivity contribution in [3.8, 4) is 0 Å². The van der Waals surface area contributed by atoms with Gasteiger partial charge in [-0.1, -0.05) is 0 Å². The van der Waals surface area contributed by atoms with E-state index in [1.54, 1.807) is 12.2 Å². The summed E-state index contributed by atoms with van der Waals surface area (Å²) in [6.45, 7) is -0.716. The van der Waals surface area contributed by atoms with Crippen LogP contribution < -0.4 is 10.9 Å². The van der Waals surface area contributed by atoms with Gasteiger partial charge in [0.2, 0.25) is 5.91 Å². The summed E-state index contributed by atoms with van der Waals surface area (Å²) < 4.78 is 41.7. The van der Waals surface area contributed by atoms with Crippen LogP contribution in [0.2, 0.25) is 0 Å². The average Bonchev–Trinajstić information content (AvgIpc) is 2.54. The highest BCUT2D eigenvalue weighted by atomic mass is 32.1. The number of esters is 1. The Balaban J connectivity index is 2.54. The van der Waals surface area contributed by atoms with Gasteiger partial charge < -0.3 is 15.0 Å². The number of amides is 1. The minimum absolute atomic E-state index is 0.00681. The van der Waals surface area contributed by atoms with Gasteiger partial charge in [0.25, 0.3) is 5.56 Å². The maximum Gasteiger partial charge on any atom is 0.405 e. The highest BCUT2D eigenvalue weighted by Crippen LogP contribution is 2.15. The summed E-state index contributed by atoms with van der Waals surface area (Å²) in [5.74, 6) is -1.88. The summed E-state index contributed by atoms with van der Waals surface area (Å²) >= 11 is 4.97. The number of hydrogen-bond acceptors (Lipinski definition) is 6. The number of alkyl halides is 3. The van der Waals surface area contributed by atoms with E-state index in [-0.39, 0.29) is 21.4 Å². The molecule has 0 aromatic carbocycles. The molecule has 2 aromatic rings. The third-order valence-electron chi connectivity index (χ3n) is 3.27. The van der Waals surface area contributed by atoms with Crippen LogP contribution in [-0.4, -0.2) is 46.2 Å². The van der Waals surface area contributed by atoms with E-state index >= 15 is 0 Å². The van der Waals surface area contributed by atoms with E-state index < -0.39 is 36.7 Å². The van der Waals surface area contributed by atoms with Crippen molar-refractivity contribution in [3.63, 3.8) is 0 Å². The number of hydrogen-bond donors (Lipinski definition) is 2. The Morgan fingerprint density at radius 1 is 1.42 bits per heavy atom. The molecule has 8 nitrogen and oxygen atoms in total. The Labute approximate surface area is 149 Å². The molecule has 2 rings (SSSR count). The Kier molecular flexibility index (Phi) is 5.44. The highest BCUT2D eigenvalue weighted by Gasteiger charge is 2.28. The molecule has 0 unspecified atom stereocenters. The molecular formula is C14H13F3N4O4S. The van der Waals surface area contributed by atoms with E-state index in [0.29, 0.717) is 5.69 Å². The van der Waals surface area contributed by atoms with E-state index in [2.05, 4.69) is 14.7 Å². The number of aryl methyl sites for hydroxylation is 1. The fourth-order valence-electron chi connectivity index (χ4n) is 2.19. The minimum Gasteiger partial charge on any atom is -0.465 e. The van der Waals surface area contributed by atoms with Crippen LogP contribution in [0.3, 0.4) is 0 Å². The number of nitrogens with zero attached hydrogens (tertiary/aromatic N) is 2. The molecule has 2 aromatic heterocycles. The third-order valence-corrected chi connectivity index (χ3v) is 3.59. The molecule has 2 heterocycles. The lowest BCUT2D eigenvalue weighted by atomic mass is 10.1. The molecule has 26 heavy (non-hydrogen) atoms. The van der Waals surface area contributed by atoms with Crippen LogP contribution in [0.15, 0.2) is 10.9 Å². The Bertz CT molecular complexity index is 997. The first-order valence-corrected chi connectivity index (χ1v) is 7.50. The van der Waals surface area contributed by atoms with Gasteiger partial charge in [0.05, 0.1) is 18.1 Å². The second kappa shape index (κ2) is 7.23. The first-order chi connectivity index (χ1) is 12.0. The zero-order valence-electron chi connectivity index (χ0n) is 13.6. The molecule has 2 N–H and O–H groups in total. The second-order valence-electron chi connectivity index (χ2n) is 5.24. The van der Waals surface area contributed by atoms with Crippen LogP contribution in [0.1, 0.15) is 16.1 Å². The number of fused-ring (bicyclic) bond motifs is 1. The summed E-state index contributed by atoms with van der Waals surface area (Å²) in [7, 11) is 1.12. The van der Waals surface area contributed by atoms with Crippen LogP contribution in [0, 0.1) is 11.7 Å². The van der Waals surface area contributed by atoms with Gasteiger partial charge >= 0.3 is 12.1 Å². The van der Waals surface area contributed by atoms with Crippen molar-refractivity contribution in [1.29, 1.82) is 0 Å². The average molecular weight is 390 g/mol. The molecular weight excluding hydrogens is 377 g/mol. The van der Waals surface area contributed by atoms with Crippen molar-refractivity contribution in [1.82, 2.24) is 19.9 Å². The van der Waals surface area contributed by atoms with Crippen molar-refractivity contribution in [2.75, 3.05) is 13.7 Å². The number of rotatable bonds is 4. The Morgan fingerprint density at radius 3 is 2.65 bits per heavy atom. The quantitative estimate of drug-likeness (QED) is 0.601. The zero-order valence-corrected chi connectivity index (χ0v) is 14.4. The summed E-state index contributed by atoms with van der Waals surface area (Å²) in [6.07, 6.45) is -4.59. The zero-order chi connectivity index (χ0) is 19.6. The lowest BCUT2D eigenvalue weighted by Crippen LogP contribution is -2.38. The fourth-order valence-corrected chi connectivity index (χ4v) is 2.43. The molecule has 0 radical (unpaired) electrons. The molecule has 0 saturated heterocycles. The van der Waals surface area contributed by atoms with E-state index in [1.165, 1.54) is 6.07 Å². The number of halogens is 3. The van der Waals surface area contributed by atoms with E-state index in [0.717, 1.165) is 11.7 Å². The number of H-pyrrole nitrogens is 1. The molecule has 0 spiro atoms. The maximum absolute atomic E-state index is 12.7. The van der Waals surface area contributed by atoms with Crippen LogP contribution >= 0.6 is 12.2 Å². The van der Waals surface area contributed by atoms with Gasteiger partial charge in [-0.15, -0.1) is 0 Å². The summed E-state index contributed by atoms with van der Waals surface area (Å²) in [4.78, 5) is 42.9. The molecule has 0 atom stereocenters. The molecule has 0 aliphatic carbocycles. The van der Waals surface area contributed by atoms with Gasteiger partial charge in [0, 0.05) is 5.69 Å². The Morgan fingerprint density at radius 2 is 2.08 bits per heavy atom. The van der Waals surface area contributed by atoms with Gasteiger partial charge in [-0.2, -0.15) is 13.2 Å². The van der Waals surface area contributed by atoms with Crippen LogP contribution in [0.4, 0.5) is 13.2 Å². The largest absolute Gasteiger partial charge is 0.465 e. The normalized spacial score (nSPS) is 11.4. The summed E-state index contributed by atoms with van der Waals surface area (Å²) in [5.41, 5.74) is -0.537. The third kappa shape index (κ3) is 4.25. The SMILES string of the molecule is COC(=O)c1cc(C)nc2[nH]c(=S)n(CC(=O)NCC(F)(F)F)c(=O)c12. The van der Waals surface area contributed by atoms with Crippen molar-refractivity contribution in [2.45, 2.75) is 19.6 Å². The smallest absolute Gasteiger partial charge is 0.405 e. The lowest BCUT2D eigenvalue weighted by molar-refractivity contribution is -0.138. The highest BCUT2D eigenvalue weighted by molar-refractivity contribution is 7.71. The number of aromatic amines is 1. The van der Waals surface area contributed by atoms with E-state index in [4.69, 9.17) is 12.2 Å². The number of nitrogens with one attached hydrogen (secondary N) is 2. The number of methoxy groups -OCH3 is 1. The predicted octanol–water partition coefficient (Wildman–Crippen LogP) is 1.23. The molecule has 0 saturated carbocycles. The molecule has 0 aliphatic rings. The first-order valence-electron chi connectivity index (χ1n) is 7.09. The van der Waals surface area contributed by atoms with Gasteiger partial charge in [-0.25, -0.2) is 9.78 Å². The van der Waals surface area contributed by atoms with Crippen LogP contribution in [-0.2, 0) is 16.1 Å². The lowest BCUT2D eigenvalue weighted by Gasteiger charge is -2.11. The van der Waals surface area contributed by atoms with Crippen molar-refractivity contribution in [3.05, 3.63) is 32.4 Å². The standard InChI is InChI=1S/C14H13F3N4O4S/c1-6-3-7(12(24)25-2)9-10(19-6)20-13(26)21(11(9)23)4-8(22)18-5-14(15,16)17/h3H,4-5H2,1-2H3,(H,18,22)(H,19,20,26). The minimum atomic E-state index is -4.59. The fraction of sp³-hybridized carbons (Fsp3) is 0.357. The number of ether oxygens (including phenoxy) is 1. The molecule has 0 aliphatic heterocycles. The first kappa shape index (κ1) is 19.6. The number of aromatic nitrogens is 3. The molecule has 1 amide bonds. The van der Waals surface area contributed by atoms with E-state index in [9.17, 15) is 27.6 Å². The predicted molar refractivity (Wildman–Crippen MR) is 86.3 cm³/mol. The summed E-state index contributed by atoms with van der Waals surface area (Å²) in [5, 5.41) is 1.46. The topological polar surface area (TPSA) is 106 Å². The van der Waals surface area contributed by atoms with Crippen LogP contribution in [0.5, 0.6) is 0 Å². The Hall–Kier alpha value is -2.76. The van der Waals surface area contributed by atoms with Gasteiger partial charge in [-0.05, 0) is 25.2 Å². The van der Waals surface area contributed by atoms with Crippen molar-refractivity contribution in [2.24, 2.45) is 0 Å². The second-order valence-corrected chi connectivity index (χ2v) is 5.63.